The second kappa shape index (κ2) is 8.44. The van der Waals surface area contributed by atoms with Crippen LogP contribution in [0.2, 0.25) is 0 Å². The Morgan fingerprint density at radius 2 is 2.00 bits per heavy atom. The number of hydrogen-bond acceptors (Lipinski definition) is 5. The van der Waals surface area contributed by atoms with E-state index in [0.717, 1.165) is 18.4 Å². The molecule has 140 valence electrons. The van der Waals surface area contributed by atoms with Crippen molar-refractivity contribution in [3.05, 3.63) is 75.5 Å². The van der Waals surface area contributed by atoms with E-state index in [1.54, 1.807) is 23.9 Å². The molecule has 2 aromatic heterocycles. The fourth-order valence-electron chi connectivity index (χ4n) is 2.85. The number of rotatable bonds is 7. The molecule has 27 heavy (non-hydrogen) atoms. The SMILES string of the molecule is CCCn1cc(NC(=O)c2c(C)cc(CCc3ccccc3)oc2=O)nn1. The van der Waals surface area contributed by atoms with E-state index in [1.165, 1.54) is 0 Å². The Labute approximate surface area is 157 Å². The molecule has 0 saturated carbocycles. The highest BCUT2D eigenvalue weighted by Gasteiger charge is 2.18. The van der Waals surface area contributed by atoms with Gasteiger partial charge in [0, 0.05) is 13.0 Å². The van der Waals surface area contributed by atoms with Gasteiger partial charge in [0.2, 0.25) is 0 Å². The first kappa shape index (κ1) is 18.6. The fourth-order valence-corrected chi connectivity index (χ4v) is 2.85. The highest BCUT2D eigenvalue weighted by atomic mass is 16.4. The second-order valence-electron chi connectivity index (χ2n) is 6.36. The van der Waals surface area contributed by atoms with Crippen molar-refractivity contribution in [1.29, 1.82) is 0 Å². The standard InChI is InChI=1S/C20H22N4O3/c1-3-11-24-13-17(22-23-24)21-19(25)18-14(2)12-16(27-20(18)26)10-9-15-7-5-4-6-8-15/h4-8,12-13H,3,9-11H2,1-2H3,(H,21,25). The van der Waals surface area contributed by atoms with Gasteiger partial charge in [-0.2, -0.15) is 0 Å². The molecule has 0 radical (unpaired) electrons. The first-order valence-corrected chi connectivity index (χ1v) is 8.96. The molecule has 0 bridgehead atoms. The van der Waals surface area contributed by atoms with Gasteiger partial charge < -0.3 is 9.73 Å². The van der Waals surface area contributed by atoms with Crippen molar-refractivity contribution in [2.75, 3.05) is 5.32 Å². The number of nitrogens with zero attached hydrogens (tertiary/aromatic N) is 3. The molecular formula is C20H22N4O3. The van der Waals surface area contributed by atoms with Crippen LogP contribution in [0.5, 0.6) is 0 Å². The molecule has 3 rings (SSSR count). The lowest BCUT2D eigenvalue weighted by Crippen LogP contribution is -2.23. The van der Waals surface area contributed by atoms with Crippen LogP contribution in [0.1, 0.15) is 40.6 Å². The smallest absolute Gasteiger partial charge is 0.349 e. The Morgan fingerprint density at radius 3 is 2.70 bits per heavy atom. The summed E-state index contributed by atoms with van der Waals surface area (Å²) in [5.41, 5.74) is 1.09. The zero-order chi connectivity index (χ0) is 19.2. The Morgan fingerprint density at radius 1 is 1.22 bits per heavy atom. The van der Waals surface area contributed by atoms with Crippen molar-refractivity contribution in [2.24, 2.45) is 0 Å². The minimum atomic E-state index is -0.642. The molecule has 1 amide bonds. The molecule has 0 aliphatic carbocycles. The van der Waals surface area contributed by atoms with Crippen LogP contribution < -0.4 is 10.9 Å². The van der Waals surface area contributed by atoms with Crippen LogP contribution in [-0.2, 0) is 19.4 Å². The van der Waals surface area contributed by atoms with Gasteiger partial charge in [0.15, 0.2) is 5.82 Å². The summed E-state index contributed by atoms with van der Waals surface area (Å²) < 4.78 is 6.99. The lowest BCUT2D eigenvalue weighted by molar-refractivity contribution is 0.102. The van der Waals surface area contributed by atoms with Gasteiger partial charge in [0.05, 0.1) is 6.20 Å². The molecule has 0 aliphatic heterocycles. The molecule has 7 heteroatoms. The van der Waals surface area contributed by atoms with Crippen LogP contribution in [0.4, 0.5) is 5.82 Å². The highest BCUT2D eigenvalue weighted by Crippen LogP contribution is 2.12. The van der Waals surface area contributed by atoms with Crippen molar-refractivity contribution >= 4 is 11.7 Å². The predicted octanol–water partition coefficient (Wildman–Crippen LogP) is 2.99. The van der Waals surface area contributed by atoms with Gasteiger partial charge in [-0.1, -0.05) is 42.5 Å². The van der Waals surface area contributed by atoms with E-state index in [4.69, 9.17) is 4.42 Å². The average molecular weight is 366 g/mol. The lowest BCUT2D eigenvalue weighted by atomic mass is 10.1. The Bertz CT molecular complexity index is 976. The average Bonchev–Trinajstić information content (AvgIpc) is 3.07. The maximum absolute atomic E-state index is 12.5. The quantitative estimate of drug-likeness (QED) is 0.694. The molecule has 2 heterocycles. The molecule has 0 fully saturated rings. The van der Waals surface area contributed by atoms with Gasteiger partial charge in [-0.3, -0.25) is 9.48 Å². The summed E-state index contributed by atoms with van der Waals surface area (Å²) in [6.07, 6.45) is 3.89. The van der Waals surface area contributed by atoms with Gasteiger partial charge in [-0.15, -0.1) is 5.10 Å². The number of aryl methyl sites for hydroxylation is 4. The summed E-state index contributed by atoms with van der Waals surface area (Å²) in [5.74, 6) is 0.326. The molecule has 1 aromatic carbocycles. The van der Waals surface area contributed by atoms with E-state index >= 15 is 0 Å². The predicted molar refractivity (Wildman–Crippen MR) is 102 cm³/mol. The maximum atomic E-state index is 12.5. The van der Waals surface area contributed by atoms with E-state index < -0.39 is 11.5 Å². The van der Waals surface area contributed by atoms with Crippen LogP contribution >= 0.6 is 0 Å². The van der Waals surface area contributed by atoms with Crippen LogP contribution in [-0.4, -0.2) is 20.9 Å². The zero-order valence-corrected chi connectivity index (χ0v) is 15.4. The number of nitrogens with one attached hydrogen (secondary N) is 1. The number of carbonyl (C=O) groups is 1. The molecule has 7 nitrogen and oxygen atoms in total. The Kier molecular flexibility index (Phi) is 5.80. The Balaban J connectivity index is 1.71. The molecule has 0 spiro atoms. The van der Waals surface area contributed by atoms with E-state index in [9.17, 15) is 9.59 Å². The van der Waals surface area contributed by atoms with E-state index in [1.807, 2.05) is 37.3 Å². The van der Waals surface area contributed by atoms with E-state index in [-0.39, 0.29) is 5.56 Å². The zero-order valence-electron chi connectivity index (χ0n) is 15.4. The summed E-state index contributed by atoms with van der Waals surface area (Å²) in [7, 11) is 0. The highest BCUT2D eigenvalue weighted by molar-refractivity contribution is 6.04. The summed E-state index contributed by atoms with van der Waals surface area (Å²) in [6.45, 7) is 4.46. The fraction of sp³-hybridized carbons (Fsp3) is 0.300. The van der Waals surface area contributed by atoms with Gasteiger partial charge in [-0.05, 0) is 37.0 Å². The third kappa shape index (κ3) is 4.69. The van der Waals surface area contributed by atoms with E-state index in [0.29, 0.717) is 30.1 Å². The third-order valence-corrected chi connectivity index (χ3v) is 4.16. The first-order chi connectivity index (χ1) is 13.1. The van der Waals surface area contributed by atoms with Gasteiger partial charge in [0.1, 0.15) is 11.3 Å². The number of benzene rings is 1. The molecule has 1 N–H and O–H groups in total. The topological polar surface area (TPSA) is 90.0 Å². The molecule has 0 aliphatic rings. The number of anilines is 1. The molecule has 0 atom stereocenters. The van der Waals surface area contributed by atoms with Gasteiger partial charge >= 0.3 is 5.63 Å². The van der Waals surface area contributed by atoms with Crippen LogP contribution in [0.3, 0.4) is 0 Å². The van der Waals surface area contributed by atoms with Crippen LogP contribution in [0.25, 0.3) is 0 Å². The molecule has 0 saturated heterocycles. The number of aromatic nitrogens is 3. The molecule has 3 aromatic rings. The van der Waals surface area contributed by atoms with E-state index in [2.05, 4.69) is 15.6 Å². The number of hydrogen-bond donors (Lipinski definition) is 1. The van der Waals surface area contributed by atoms with Crippen LogP contribution in [0, 0.1) is 6.92 Å². The van der Waals surface area contributed by atoms with Gasteiger partial charge in [0.25, 0.3) is 5.91 Å². The monoisotopic (exact) mass is 366 g/mol. The first-order valence-electron chi connectivity index (χ1n) is 8.96. The van der Waals surface area contributed by atoms with Crippen LogP contribution in [0.15, 0.2) is 51.8 Å². The van der Waals surface area contributed by atoms with Gasteiger partial charge in [-0.25, -0.2) is 4.79 Å². The van der Waals surface area contributed by atoms with Crippen molar-refractivity contribution in [2.45, 2.75) is 39.7 Å². The minimum absolute atomic E-state index is 0.0106. The summed E-state index contributed by atoms with van der Waals surface area (Å²) in [6, 6.07) is 11.7. The van der Waals surface area contributed by atoms with Crippen molar-refractivity contribution in [3.63, 3.8) is 0 Å². The van der Waals surface area contributed by atoms with Crippen molar-refractivity contribution in [3.8, 4) is 0 Å². The molecular weight excluding hydrogens is 344 g/mol. The largest absolute Gasteiger partial charge is 0.427 e. The summed E-state index contributed by atoms with van der Waals surface area (Å²) >= 11 is 0. The second-order valence-corrected chi connectivity index (χ2v) is 6.36. The lowest BCUT2D eigenvalue weighted by Gasteiger charge is -2.07. The van der Waals surface area contributed by atoms with Crippen molar-refractivity contribution < 1.29 is 9.21 Å². The number of carbonyl (C=O) groups excluding carboxylic acids is 1. The third-order valence-electron chi connectivity index (χ3n) is 4.16. The number of amides is 1. The summed E-state index contributed by atoms with van der Waals surface area (Å²) in [4.78, 5) is 24.8. The summed E-state index contributed by atoms with van der Waals surface area (Å²) in [5, 5.41) is 10.4. The minimum Gasteiger partial charge on any atom is -0.427 e. The normalized spacial score (nSPS) is 10.7. The molecule has 0 unspecified atom stereocenters. The maximum Gasteiger partial charge on any atom is 0.349 e. The van der Waals surface area contributed by atoms with Crippen molar-refractivity contribution in [1.82, 2.24) is 15.0 Å². The Hall–Kier alpha value is -3.22.